The Morgan fingerprint density at radius 2 is 2.10 bits per heavy atom. The van der Waals surface area contributed by atoms with Gasteiger partial charge < -0.3 is 19.9 Å². The monoisotopic (exact) mass is 281 g/mol. The van der Waals surface area contributed by atoms with Crippen LogP contribution >= 0.6 is 0 Å². The van der Waals surface area contributed by atoms with Gasteiger partial charge in [0.2, 0.25) is 5.91 Å². The molecule has 0 heterocycles. The van der Waals surface area contributed by atoms with Gasteiger partial charge in [-0.15, -0.1) is 0 Å². The zero-order valence-corrected chi connectivity index (χ0v) is 12.3. The van der Waals surface area contributed by atoms with E-state index in [0.717, 1.165) is 6.42 Å². The van der Waals surface area contributed by atoms with E-state index in [-0.39, 0.29) is 12.3 Å². The van der Waals surface area contributed by atoms with Gasteiger partial charge in [-0.25, -0.2) is 0 Å². The number of rotatable bonds is 8. The van der Waals surface area contributed by atoms with Crippen LogP contribution in [0.15, 0.2) is 18.2 Å². The average Bonchev–Trinajstić information content (AvgIpc) is 2.49. The van der Waals surface area contributed by atoms with Crippen LogP contribution in [0.4, 0.5) is 0 Å². The van der Waals surface area contributed by atoms with Gasteiger partial charge in [-0.05, 0) is 25.0 Å². The Hall–Kier alpha value is -1.75. The van der Waals surface area contributed by atoms with Gasteiger partial charge >= 0.3 is 0 Å². The summed E-state index contributed by atoms with van der Waals surface area (Å²) < 4.78 is 10.3. The first-order chi connectivity index (χ1) is 9.62. The highest BCUT2D eigenvalue weighted by Crippen LogP contribution is 2.31. The molecule has 0 spiro atoms. The van der Waals surface area contributed by atoms with Crippen molar-refractivity contribution in [3.63, 3.8) is 0 Å². The molecule has 20 heavy (non-hydrogen) atoms. The molecule has 0 aliphatic rings. The van der Waals surface area contributed by atoms with E-state index in [1.54, 1.807) is 32.4 Å². The SMILES string of the molecule is CCCNC(=O)CCC(O)c1ccc(OC)cc1OC. The summed E-state index contributed by atoms with van der Waals surface area (Å²) in [6, 6.07) is 5.24. The molecule has 5 nitrogen and oxygen atoms in total. The molecule has 0 bridgehead atoms. The van der Waals surface area contributed by atoms with Crippen LogP contribution in [0.1, 0.15) is 37.9 Å². The number of benzene rings is 1. The molecular formula is C15H23NO4. The highest BCUT2D eigenvalue weighted by molar-refractivity contribution is 5.75. The zero-order valence-electron chi connectivity index (χ0n) is 12.3. The molecule has 1 atom stereocenters. The highest BCUT2D eigenvalue weighted by atomic mass is 16.5. The van der Waals surface area contributed by atoms with Gasteiger partial charge in [0.25, 0.3) is 0 Å². The second-order valence-corrected chi connectivity index (χ2v) is 4.51. The van der Waals surface area contributed by atoms with E-state index >= 15 is 0 Å². The van der Waals surface area contributed by atoms with E-state index in [4.69, 9.17) is 9.47 Å². The quantitative estimate of drug-likeness (QED) is 0.765. The Morgan fingerprint density at radius 3 is 2.70 bits per heavy atom. The summed E-state index contributed by atoms with van der Waals surface area (Å²) in [5.74, 6) is 1.18. The summed E-state index contributed by atoms with van der Waals surface area (Å²) >= 11 is 0. The fraction of sp³-hybridized carbons (Fsp3) is 0.533. The van der Waals surface area contributed by atoms with Gasteiger partial charge in [0.15, 0.2) is 0 Å². The Balaban J connectivity index is 2.62. The van der Waals surface area contributed by atoms with Crippen LogP contribution in [0.3, 0.4) is 0 Å². The Bertz CT molecular complexity index is 434. The predicted octanol–water partition coefficient (Wildman–Crippen LogP) is 2.04. The molecule has 0 fully saturated rings. The number of ether oxygens (including phenoxy) is 2. The second kappa shape index (κ2) is 8.43. The molecular weight excluding hydrogens is 258 g/mol. The van der Waals surface area contributed by atoms with Gasteiger partial charge in [-0.3, -0.25) is 4.79 Å². The summed E-state index contributed by atoms with van der Waals surface area (Å²) in [5.41, 5.74) is 0.664. The van der Waals surface area contributed by atoms with Gasteiger partial charge in [-0.2, -0.15) is 0 Å². The van der Waals surface area contributed by atoms with Crippen molar-refractivity contribution in [3.05, 3.63) is 23.8 Å². The second-order valence-electron chi connectivity index (χ2n) is 4.51. The van der Waals surface area contributed by atoms with E-state index in [0.29, 0.717) is 30.0 Å². The molecule has 1 unspecified atom stereocenters. The average molecular weight is 281 g/mol. The predicted molar refractivity (Wildman–Crippen MR) is 77.0 cm³/mol. The topological polar surface area (TPSA) is 67.8 Å². The van der Waals surface area contributed by atoms with Crippen LogP contribution in [-0.4, -0.2) is 31.8 Å². The highest BCUT2D eigenvalue weighted by Gasteiger charge is 2.15. The molecule has 0 aliphatic heterocycles. The maximum atomic E-state index is 11.5. The fourth-order valence-corrected chi connectivity index (χ4v) is 1.87. The minimum Gasteiger partial charge on any atom is -0.497 e. The molecule has 0 saturated carbocycles. The summed E-state index contributed by atoms with van der Waals surface area (Å²) in [7, 11) is 3.11. The molecule has 1 aromatic rings. The number of aliphatic hydroxyl groups excluding tert-OH is 1. The number of nitrogens with one attached hydrogen (secondary N) is 1. The Morgan fingerprint density at radius 1 is 1.35 bits per heavy atom. The number of carbonyl (C=O) groups is 1. The normalized spacial score (nSPS) is 11.8. The third-order valence-electron chi connectivity index (χ3n) is 3.02. The lowest BCUT2D eigenvalue weighted by atomic mass is 10.0. The van der Waals surface area contributed by atoms with Crippen molar-refractivity contribution in [2.24, 2.45) is 0 Å². The van der Waals surface area contributed by atoms with Crippen LogP contribution in [-0.2, 0) is 4.79 Å². The molecule has 1 rings (SSSR count). The van der Waals surface area contributed by atoms with E-state index in [1.165, 1.54) is 0 Å². The minimum atomic E-state index is -0.733. The summed E-state index contributed by atoms with van der Waals surface area (Å²) in [4.78, 5) is 11.5. The maximum absolute atomic E-state index is 11.5. The van der Waals surface area contributed by atoms with Crippen molar-refractivity contribution in [3.8, 4) is 11.5 Å². The molecule has 2 N–H and O–H groups in total. The van der Waals surface area contributed by atoms with Crippen molar-refractivity contribution in [1.82, 2.24) is 5.32 Å². The summed E-state index contributed by atoms with van der Waals surface area (Å²) in [6.45, 7) is 2.66. The van der Waals surface area contributed by atoms with Gasteiger partial charge in [-0.1, -0.05) is 6.92 Å². The van der Waals surface area contributed by atoms with E-state index in [2.05, 4.69) is 5.32 Å². The van der Waals surface area contributed by atoms with E-state index in [9.17, 15) is 9.90 Å². The summed E-state index contributed by atoms with van der Waals surface area (Å²) in [5, 5.41) is 13.0. The molecule has 1 aromatic carbocycles. The van der Waals surface area contributed by atoms with Crippen molar-refractivity contribution in [2.45, 2.75) is 32.3 Å². The number of aliphatic hydroxyl groups is 1. The lowest BCUT2D eigenvalue weighted by molar-refractivity contribution is -0.121. The van der Waals surface area contributed by atoms with Crippen LogP contribution < -0.4 is 14.8 Å². The first-order valence-corrected chi connectivity index (χ1v) is 6.79. The Kier molecular flexibility index (Phi) is 6.87. The molecule has 5 heteroatoms. The lowest BCUT2D eigenvalue weighted by Gasteiger charge is -2.15. The molecule has 112 valence electrons. The van der Waals surface area contributed by atoms with Crippen molar-refractivity contribution >= 4 is 5.91 Å². The number of amides is 1. The fourth-order valence-electron chi connectivity index (χ4n) is 1.87. The maximum Gasteiger partial charge on any atom is 0.220 e. The van der Waals surface area contributed by atoms with Crippen LogP contribution in [0.2, 0.25) is 0 Å². The smallest absolute Gasteiger partial charge is 0.220 e. The third kappa shape index (κ3) is 4.74. The minimum absolute atomic E-state index is 0.0432. The van der Waals surface area contributed by atoms with Gasteiger partial charge in [0.1, 0.15) is 11.5 Å². The third-order valence-corrected chi connectivity index (χ3v) is 3.02. The standard InChI is InChI=1S/C15H23NO4/c1-4-9-16-15(18)8-7-13(17)12-6-5-11(19-2)10-14(12)20-3/h5-6,10,13,17H,4,7-9H2,1-3H3,(H,16,18). The van der Waals surface area contributed by atoms with E-state index < -0.39 is 6.10 Å². The Labute approximate surface area is 119 Å². The molecule has 1 amide bonds. The molecule has 0 aliphatic carbocycles. The molecule has 0 saturated heterocycles. The van der Waals surface area contributed by atoms with Crippen molar-refractivity contribution in [1.29, 1.82) is 0 Å². The van der Waals surface area contributed by atoms with Crippen LogP contribution in [0.25, 0.3) is 0 Å². The van der Waals surface area contributed by atoms with Gasteiger partial charge in [0, 0.05) is 24.6 Å². The number of carbonyl (C=O) groups excluding carboxylic acids is 1. The van der Waals surface area contributed by atoms with Gasteiger partial charge in [0.05, 0.1) is 20.3 Å². The number of hydrogen-bond acceptors (Lipinski definition) is 4. The van der Waals surface area contributed by atoms with Crippen molar-refractivity contribution in [2.75, 3.05) is 20.8 Å². The zero-order chi connectivity index (χ0) is 15.0. The first kappa shape index (κ1) is 16.3. The number of methoxy groups -OCH3 is 2. The van der Waals surface area contributed by atoms with Crippen molar-refractivity contribution < 1.29 is 19.4 Å². The van der Waals surface area contributed by atoms with Crippen LogP contribution in [0.5, 0.6) is 11.5 Å². The largest absolute Gasteiger partial charge is 0.497 e. The van der Waals surface area contributed by atoms with E-state index in [1.807, 2.05) is 6.92 Å². The molecule has 0 aromatic heterocycles. The first-order valence-electron chi connectivity index (χ1n) is 6.79. The lowest BCUT2D eigenvalue weighted by Crippen LogP contribution is -2.24. The van der Waals surface area contributed by atoms with Crippen LogP contribution in [0, 0.1) is 0 Å². The number of hydrogen-bond donors (Lipinski definition) is 2. The summed E-state index contributed by atoms with van der Waals surface area (Å²) in [6.07, 6.45) is 0.818. The molecule has 0 radical (unpaired) electrons.